The van der Waals surface area contributed by atoms with Gasteiger partial charge in [0.05, 0.1) is 6.61 Å². The first-order chi connectivity index (χ1) is 6.02. The number of aliphatic hydroxyl groups excluding tert-OH is 3. The summed E-state index contributed by atoms with van der Waals surface area (Å²) >= 11 is 3.58. The van der Waals surface area contributed by atoms with Crippen molar-refractivity contribution in [3.63, 3.8) is 0 Å². The van der Waals surface area contributed by atoms with Crippen LogP contribution in [0.2, 0.25) is 0 Å². The third-order valence-electron chi connectivity index (χ3n) is 1.09. The van der Waals surface area contributed by atoms with Crippen LogP contribution in [0.5, 0.6) is 0 Å². The molecule has 0 aliphatic rings. The molecule has 0 aromatic carbocycles. The number of aliphatic hydroxyl groups is 3. The number of hydrogen-bond acceptors (Lipinski definition) is 7. The summed E-state index contributed by atoms with van der Waals surface area (Å²) < 4.78 is 3.97. The Morgan fingerprint density at radius 3 is 2.08 bits per heavy atom. The van der Waals surface area contributed by atoms with Crippen molar-refractivity contribution in [3.05, 3.63) is 0 Å². The Kier molecular flexibility index (Phi) is 5.63. The highest BCUT2D eigenvalue weighted by atomic mass is 32.1. The molecule has 7 heteroatoms. The van der Waals surface area contributed by atoms with Gasteiger partial charge in [-0.25, -0.2) is 9.59 Å². The van der Waals surface area contributed by atoms with Gasteiger partial charge in [-0.2, -0.15) is 12.6 Å². The van der Waals surface area contributed by atoms with Gasteiger partial charge in [0.1, 0.15) is 0 Å². The van der Waals surface area contributed by atoms with E-state index >= 15 is 0 Å². The normalized spacial score (nSPS) is 14.8. The molecule has 0 amide bonds. The predicted molar refractivity (Wildman–Crippen MR) is 44.1 cm³/mol. The molecule has 0 heterocycles. The zero-order chi connectivity index (χ0) is 10.4. The van der Waals surface area contributed by atoms with E-state index in [0.717, 1.165) is 0 Å². The van der Waals surface area contributed by atoms with Crippen LogP contribution in [0.4, 0.5) is 0 Å². The number of hydrogen-bond donors (Lipinski definition) is 4. The summed E-state index contributed by atoms with van der Waals surface area (Å²) in [5.41, 5.74) is 0. The molecule has 0 aliphatic carbocycles. The summed E-state index contributed by atoms with van der Waals surface area (Å²) in [7, 11) is 0. The summed E-state index contributed by atoms with van der Waals surface area (Å²) in [5.74, 6) is -2.69. The Labute approximate surface area is 79.5 Å². The molecule has 0 aromatic heterocycles. The van der Waals surface area contributed by atoms with Crippen LogP contribution < -0.4 is 0 Å². The maximum atomic E-state index is 10.7. The van der Waals surface area contributed by atoms with Crippen LogP contribution in [0, 0.1) is 0 Å². The van der Waals surface area contributed by atoms with E-state index in [0.29, 0.717) is 0 Å². The van der Waals surface area contributed by atoms with Crippen LogP contribution in [0.15, 0.2) is 0 Å². The summed E-state index contributed by atoms with van der Waals surface area (Å²) in [5, 5.41) is 25.7. The van der Waals surface area contributed by atoms with Gasteiger partial charge in [-0.1, -0.05) is 0 Å². The molecule has 0 saturated heterocycles. The van der Waals surface area contributed by atoms with Gasteiger partial charge in [0.15, 0.2) is 12.2 Å². The first-order valence-electron chi connectivity index (χ1n) is 3.36. The molecule has 0 fully saturated rings. The molecule has 2 unspecified atom stereocenters. The van der Waals surface area contributed by atoms with E-state index in [4.69, 9.17) is 15.3 Å². The number of rotatable bonds is 4. The molecule has 0 aromatic rings. The van der Waals surface area contributed by atoms with Gasteiger partial charge < -0.3 is 20.1 Å². The number of ether oxygens (including phenoxy) is 1. The first kappa shape index (κ1) is 12.4. The van der Waals surface area contributed by atoms with E-state index in [1.54, 1.807) is 0 Å². The van der Waals surface area contributed by atoms with Gasteiger partial charge in [0.2, 0.25) is 0 Å². The highest BCUT2D eigenvalue weighted by Gasteiger charge is 2.23. The summed E-state index contributed by atoms with van der Waals surface area (Å²) in [4.78, 5) is 21.3. The number of carbonyl (C=O) groups excluding carboxylic acids is 2. The van der Waals surface area contributed by atoms with Crippen molar-refractivity contribution in [1.29, 1.82) is 0 Å². The lowest BCUT2D eigenvalue weighted by Gasteiger charge is -2.08. The second kappa shape index (κ2) is 5.92. The van der Waals surface area contributed by atoms with Gasteiger partial charge in [-0.3, -0.25) is 0 Å². The van der Waals surface area contributed by atoms with Crippen LogP contribution in [0.25, 0.3) is 0 Å². The van der Waals surface area contributed by atoms with E-state index in [1.165, 1.54) is 0 Å². The SMILES string of the molecule is O=C(OC(=O)C(O)CS)C(O)CO. The Balaban J connectivity index is 3.99. The predicted octanol–water partition coefficient (Wildman–Crippen LogP) is -2.30. The molecule has 6 nitrogen and oxygen atoms in total. The lowest BCUT2D eigenvalue weighted by molar-refractivity contribution is -0.171. The Bertz CT molecular complexity index is 174. The molecule has 0 aliphatic heterocycles. The third-order valence-corrected chi connectivity index (χ3v) is 1.44. The zero-order valence-electron chi connectivity index (χ0n) is 6.58. The van der Waals surface area contributed by atoms with Crippen molar-refractivity contribution in [2.45, 2.75) is 12.2 Å². The number of esters is 2. The van der Waals surface area contributed by atoms with Crippen LogP contribution >= 0.6 is 12.6 Å². The van der Waals surface area contributed by atoms with Crippen molar-refractivity contribution < 1.29 is 29.6 Å². The molecular weight excluding hydrogens is 200 g/mol. The summed E-state index contributed by atoms with van der Waals surface area (Å²) in [6.45, 7) is -0.844. The second-order valence-corrected chi connectivity index (χ2v) is 2.50. The molecule has 76 valence electrons. The quantitative estimate of drug-likeness (QED) is 0.236. The molecular formula is C6H10O6S. The highest BCUT2D eigenvalue weighted by molar-refractivity contribution is 7.80. The molecule has 0 saturated carbocycles. The second-order valence-electron chi connectivity index (χ2n) is 2.14. The van der Waals surface area contributed by atoms with E-state index in [1.807, 2.05) is 0 Å². The van der Waals surface area contributed by atoms with Crippen LogP contribution in [0.1, 0.15) is 0 Å². The molecule has 2 atom stereocenters. The van der Waals surface area contributed by atoms with Crippen molar-refractivity contribution in [2.75, 3.05) is 12.4 Å². The standard InChI is InChI=1S/C6H10O6S/c7-1-3(8)5(10)12-6(11)4(9)2-13/h3-4,7-9,13H,1-2H2. The number of thiol groups is 1. The van der Waals surface area contributed by atoms with Gasteiger partial charge in [-0.05, 0) is 0 Å². The molecule has 0 radical (unpaired) electrons. The van der Waals surface area contributed by atoms with Crippen LogP contribution in [-0.4, -0.2) is 51.8 Å². The van der Waals surface area contributed by atoms with Crippen LogP contribution in [0.3, 0.4) is 0 Å². The van der Waals surface area contributed by atoms with E-state index in [9.17, 15) is 9.59 Å². The fourth-order valence-electron chi connectivity index (χ4n) is 0.384. The third kappa shape index (κ3) is 4.23. The lowest BCUT2D eigenvalue weighted by atomic mass is 10.4. The van der Waals surface area contributed by atoms with Crippen molar-refractivity contribution in [3.8, 4) is 0 Å². The highest BCUT2D eigenvalue weighted by Crippen LogP contribution is 1.94. The maximum absolute atomic E-state index is 10.7. The van der Waals surface area contributed by atoms with E-state index in [-0.39, 0.29) is 5.75 Å². The van der Waals surface area contributed by atoms with Gasteiger partial charge in [0, 0.05) is 5.75 Å². The van der Waals surface area contributed by atoms with Crippen molar-refractivity contribution in [1.82, 2.24) is 0 Å². The minimum atomic E-state index is -1.77. The van der Waals surface area contributed by atoms with Gasteiger partial charge in [0.25, 0.3) is 0 Å². The Hall–Kier alpha value is -0.630. The molecule has 13 heavy (non-hydrogen) atoms. The Morgan fingerprint density at radius 2 is 1.69 bits per heavy atom. The average molecular weight is 210 g/mol. The van der Waals surface area contributed by atoms with E-state index < -0.39 is 30.8 Å². The largest absolute Gasteiger partial charge is 0.393 e. The summed E-state index contributed by atoms with van der Waals surface area (Å²) in [6.07, 6.45) is -3.28. The minimum absolute atomic E-state index is 0.193. The zero-order valence-corrected chi connectivity index (χ0v) is 7.48. The topological polar surface area (TPSA) is 104 Å². The number of carbonyl (C=O) groups is 2. The maximum Gasteiger partial charge on any atom is 0.345 e. The minimum Gasteiger partial charge on any atom is -0.393 e. The molecule has 3 N–H and O–H groups in total. The average Bonchev–Trinajstić information content (AvgIpc) is 2.14. The summed E-state index contributed by atoms with van der Waals surface area (Å²) in [6, 6.07) is 0. The fourth-order valence-corrected chi connectivity index (χ4v) is 0.533. The monoisotopic (exact) mass is 210 g/mol. The van der Waals surface area contributed by atoms with Crippen molar-refractivity contribution in [2.24, 2.45) is 0 Å². The molecule has 0 spiro atoms. The first-order valence-corrected chi connectivity index (χ1v) is 3.99. The van der Waals surface area contributed by atoms with E-state index in [2.05, 4.69) is 17.4 Å². The van der Waals surface area contributed by atoms with Crippen LogP contribution in [-0.2, 0) is 14.3 Å². The van der Waals surface area contributed by atoms with Gasteiger partial charge >= 0.3 is 11.9 Å². The molecule has 0 rings (SSSR count). The lowest BCUT2D eigenvalue weighted by Crippen LogP contribution is -2.33. The molecule has 0 bridgehead atoms. The van der Waals surface area contributed by atoms with Gasteiger partial charge in [-0.15, -0.1) is 0 Å². The fraction of sp³-hybridized carbons (Fsp3) is 0.667. The smallest absolute Gasteiger partial charge is 0.345 e. The van der Waals surface area contributed by atoms with Crippen molar-refractivity contribution >= 4 is 24.6 Å². The Morgan fingerprint density at radius 1 is 1.23 bits per heavy atom.